The summed E-state index contributed by atoms with van der Waals surface area (Å²) < 4.78 is 2.11. The van der Waals surface area contributed by atoms with Crippen LogP contribution in [-0.4, -0.2) is 36.6 Å². The van der Waals surface area contributed by atoms with Crippen LogP contribution in [-0.2, 0) is 17.8 Å². The zero-order valence-electron chi connectivity index (χ0n) is 19.6. The lowest BCUT2D eigenvalue weighted by atomic mass is 9.92. The summed E-state index contributed by atoms with van der Waals surface area (Å²) in [5, 5.41) is 2.97. The molecule has 0 radical (unpaired) electrons. The standard InChI is InChI=1S/C28H35BrN2O.ClH/c1-3-19-31(2,27-10-5-4-6-11-27)20-18-23-12-14-25(15-13-23)22-30-28(32)17-16-24-8-7-9-26(29)21-24;/h3,7-9,12-17,21,27H,1,4-6,10-11,18-20,22H2,2H3;1H/b17-16+;. The molecule has 33 heavy (non-hydrogen) atoms. The third-order valence-corrected chi connectivity index (χ3v) is 7.17. The number of carbonyl (C=O) groups is 1. The largest absolute Gasteiger partial charge is 1.00 e. The summed E-state index contributed by atoms with van der Waals surface area (Å²) in [6.45, 7) is 6.74. The molecule has 3 nitrogen and oxygen atoms in total. The zero-order valence-corrected chi connectivity index (χ0v) is 22.0. The van der Waals surface area contributed by atoms with E-state index in [0.717, 1.165) is 45.6 Å². The number of likely N-dealkylation sites (N-methyl/N-ethyl adjacent to an activating group) is 1. The number of hydrogen-bond donors (Lipinski definition) is 1. The van der Waals surface area contributed by atoms with Crippen molar-refractivity contribution >= 4 is 27.9 Å². The van der Waals surface area contributed by atoms with Crippen LogP contribution in [0.4, 0.5) is 0 Å². The number of nitrogens with one attached hydrogen (secondary N) is 1. The summed E-state index contributed by atoms with van der Waals surface area (Å²) in [7, 11) is 2.41. The number of rotatable bonds is 10. The van der Waals surface area contributed by atoms with Crippen molar-refractivity contribution in [2.75, 3.05) is 20.1 Å². The minimum Gasteiger partial charge on any atom is -1.00 e. The molecule has 178 valence electrons. The van der Waals surface area contributed by atoms with E-state index in [1.807, 2.05) is 30.3 Å². The first-order chi connectivity index (χ1) is 15.5. The molecule has 2 aromatic rings. The van der Waals surface area contributed by atoms with Gasteiger partial charge in [-0.15, -0.1) is 0 Å². The van der Waals surface area contributed by atoms with Crippen LogP contribution in [0, 0.1) is 0 Å². The molecule has 1 saturated carbocycles. The Kier molecular flexibility index (Phi) is 11.4. The molecular weight excluding hydrogens is 496 g/mol. The van der Waals surface area contributed by atoms with Crippen molar-refractivity contribution in [3.05, 3.63) is 88.4 Å². The van der Waals surface area contributed by atoms with Crippen molar-refractivity contribution < 1.29 is 21.7 Å². The van der Waals surface area contributed by atoms with Crippen LogP contribution in [0.5, 0.6) is 0 Å². The summed E-state index contributed by atoms with van der Waals surface area (Å²) in [4.78, 5) is 12.1. The van der Waals surface area contributed by atoms with E-state index in [4.69, 9.17) is 0 Å². The highest BCUT2D eigenvalue weighted by molar-refractivity contribution is 9.10. The van der Waals surface area contributed by atoms with Crippen LogP contribution in [0.15, 0.2) is 71.7 Å². The Morgan fingerprint density at radius 2 is 1.82 bits per heavy atom. The van der Waals surface area contributed by atoms with Gasteiger partial charge in [0.1, 0.15) is 0 Å². The van der Waals surface area contributed by atoms with Gasteiger partial charge in [-0.1, -0.05) is 65.3 Å². The highest BCUT2D eigenvalue weighted by atomic mass is 79.9. The predicted molar refractivity (Wildman–Crippen MR) is 138 cm³/mol. The van der Waals surface area contributed by atoms with Gasteiger partial charge in [-0.25, -0.2) is 0 Å². The molecule has 0 saturated heterocycles. The topological polar surface area (TPSA) is 29.1 Å². The fourth-order valence-corrected chi connectivity index (χ4v) is 5.08. The smallest absolute Gasteiger partial charge is 0.244 e. The Bertz CT molecular complexity index is 922. The average molecular weight is 532 g/mol. The number of quaternary nitrogens is 1. The number of halogens is 2. The van der Waals surface area contributed by atoms with Crippen molar-refractivity contribution in [2.45, 2.75) is 51.1 Å². The molecule has 0 heterocycles. The average Bonchev–Trinajstić information content (AvgIpc) is 2.81. The van der Waals surface area contributed by atoms with Crippen LogP contribution in [0.3, 0.4) is 0 Å². The zero-order chi connectivity index (χ0) is 22.8. The first kappa shape index (κ1) is 27.4. The molecule has 1 aliphatic rings. The van der Waals surface area contributed by atoms with E-state index in [1.54, 1.807) is 6.08 Å². The molecule has 0 aromatic heterocycles. The molecule has 2 aromatic carbocycles. The van der Waals surface area contributed by atoms with Crippen molar-refractivity contribution in [2.24, 2.45) is 0 Å². The predicted octanol–water partition coefficient (Wildman–Crippen LogP) is 3.29. The molecule has 1 aliphatic carbocycles. The Morgan fingerprint density at radius 3 is 2.48 bits per heavy atom. The van der Waals surface area contributed by atoms with Crippen LogP contribution < -0.4 is 17.7 Å². The normalized spacial score (nSPS) is 16.1. The number of nitrogens with zero attached hydrogens (tertiary/aromatic N) is 1. The summed E-state index contributed by atoms with van der Waals surface area (Å²) in [5.41, 5.74) is 3.47. The van der Waals surface area contributed by atoms with Crippen LogP contribution in [0.2, 0.25) is 0 Å². The summed E-state index contributed by atoms with van der Waals surface area (Å²) in [6.07, 6.45) is 13.4. The van der Waals surface area contributed by atoms with Gasteiger partial charge >= 0.3 is 0 Å². The third kappa shape index (κ3) is 8.77. The van der Waals surface area contributed by atoms with E-state index in [-0.39, 0.29) is 18.3 Å². The maximum atomic E-state index is 12.1. The molecule has 0 spiro atoms. The quantitative estimate of drug-likeness (QED) is 0.285. The number of hydrogen-bond acceptors (Lipinski definition) is 1. The second-order valence-electron chi connectivity index (χ2n) is 9.14. The minimum absolute atomic E-state index is 0. The van der Waals surface area contributed by atoms with Gasteiger partial charge in [-0.3, -0.25) is 4.79 Å². The van der Waals surface area contributed by atoms with E-state index in [1.165, 1.54) is 37.7 Å². The van der Waals surface area contributed by atoms with Crippen molar-refractivity contribution in [1.29, 1.82) is 0 Å². The molecule has 1 N–H and O–H groups in total. The van der Waals surface area contributed by atoms with Gasteiger partial charge in [0.15, 0.2) is 0 Å². The number of amides is 1. The highest BCUT2D eigenvalue weighted by Gasteiger charge is 2.32. The lowest BCUT2D eigenvalue weighted by molar-refractivity contribution is -0.929. The Morgan fingerprint density at radius 1 is 1.12 bits per heavy atom. The summed E-state index contributed by atoms with van der Waals surface area (Å²) in [6, 6.07) is 17.3. The maximum Gasteiger partial charge on any atom is 0.244 e. The first-order valence-corrected chi connectivity index (χ1v) is 12.5. The lowest BCUT2D eigenvalue weighted by Crippen LogP contribution is -3.00. The van der Waals surface area contributed by atoms with E-state index in [9.17, 15) is 4.79 Å². The molecule has 1 atom stereocenters. The molecular formula is C28H36BrClN2O. The maximum absolute atomic E-state index is 12.1. The van der Waals surface area contributed by atoms with Gasteiger partial charge < -0.3 is 22.2 Å². The van der Waals surface area contributed by atoms with Gasteiger partial charge in [-0.05, 0) is 66.7 Å². The molecule has 0 bridgehead atoms. The fourth-order valence-electron chi connectivity index (χ4n) is 4.66. The molecule has 3 rings (SSSR count). The van der Waals surface area contributed by atoms with Gasteiger partial charge in [-0.2, -0.15) is 0 Å². The first-order valence-electron chi connectivity index (χ1n) is 11.7. The molecule has 1 unspecified atom stereocenters. The van der Waals surface area contributed by atoms with Crippen molar-refractivity contribution in [3.63, 3.8) is 0 Å². The molecule has 1 fully saturated rings. The van der Waals surface area contributed by atoms with Crippen molar-refractivity contribution in [3.8, 4) is 0 Å². The molecule has 5 heteroatoms. The summed E-state index contributed by atoms with van der Waals surface area (Å²) in [5.74, 6) is -0.0842. The van der Waals surface area contributed by atoms with Gasteiger partial charge in [0.25, 0.3) is 0 Å². The minimum atomic E-state index is -0.0842. The van der Waals surface area contributed by atoms with Crippen LogP contribution >= 0.6 is 15.9 Å². The van der Waals surface area contributed by atoms with Crippen LogP contribution in [0.1, 0.15) is 48.8 Å². The van der Waals surface area contributed by atoms with E-state index in [2.05, 4.69) is 65.2 Å². The van der Waals surface area contributed by atoms with E-state index in [0.29, 0.717) is 6.54 Å². The molecule has 1 amide bonds. The fraction of sp³-hybridized carbons (Fsp3) is 0.393. The van der Waals surface area contributed by atoms with Crippen molar-refractivity contribution in [1.82, 2.24) is 5.32 Å². The van der Waals surface area contributed by atoms with E-state index < -0.39 is 0 Å². The highest BCUT2D eigenvalue weighted by Crippen LogP contribution is 2.27. The third-order valence-electron chi connectivity index (χ3n) is 6.68. The Balaban J connectivity index is 0.00000385. The lowest BCUT2D eigenvalue weighted by Gasteiger charge is -2.43. The van der Waals surface area contributed by atoms with E-state index >= 15 is 0 Å². The Labute approximate surface area is 214 Å². The second-order valence-corrected chi connectivity index (χ2v) is 10.1. The summed E-state index contributed by atoms with van der Waals surface area (Å²) >= 11 is 3.45. The monoisotopic (exact) mass is 530 g/mol. The number of benzene rings is 2. The molecule has 0 aliphatic heterocycles. The number of carbonyl (C=O) groups excluding carboxylic acids is 1. The Hall–Kier alpha value is -1.88. The second kappa shape index (κ2) is 13.7. The van der Waals surface area contributed by atoms with Gasteiger partial charge in [0.05, 0.1) is 26.2 Å². The van der Waals surface area contributed by atoms with Gasteiger partial charge in [0.2, 0.25) is 5.91 Å². The SMILES string of the molecule is C=CC[N+](C)(CCc1ccc(CNC(=O)/C=C/c2cccc(Br)c2)cc1)C1CCCCC1.[Cl-]. The van der Waals surface area contributed by atoms with Gasteiger partial charge in [0, 0.05) is 23.5 Å². The van der Waals surface area contributed by atoms with Crippen LogP contribution in [0.25, 0.3) is 6.08 Å².